The van der Waals surface area contributed by atoms with Crippen LogP contribution >= 0.6 is 0 Å². The standard InChI is InChI=1S/C22H28N4O2/c23-13-5-1-2-6-14-24-21(27)16-9-11-18(12-10-16)26-22(28)20-19-8-4-3-7-17(19)15-25-20/h3-4,7-12,20,25H,1-2,5-6,13-15,23H2,(H,24,27)(H,26,28). The van der Waals surface area contributed by atoms with Crippen molar-refractivity contribution in [2.45, 2.75) is 38.3 Å². The molecule has 0 aliphatic carbocycles. The second kappa shape index (κ2) is 10.0. The summed E-state index contributed by atoms with van der Waals surface area (Å²) >= 11 is 0. The molecule has 0 radical (unpaired) electrons. The summed E-state index contributed by atoms with van der Waals surface area (Å²) in [5, 5.41) is 9.07. The lowest BCUT2D eigenvalue weighted by Crippen LogP contribution is -2.28. The molecule has 2 amide bonds. The molecular weight excluding hydrogens is 352 g/mol. The van der Waals surface area contributed by atoms with E-state index in [4.69, 9.17) is 5.73 Å². The Bertz CT molecular complexity index is 804. The van der Waals surface area contributed by atoms with E-state index in [0.29, 0.717) is 24.3 Å². The van der Waals surface area contributed by atoms with Crippen molar-refractivity contribution >= 4 is 17.5 Å². The van der Waals surface area contributed by atoms with Crippen LogP contribution < -0.4 is 21.7 Å². The minimum absolute atomic E-state index is 0.0944. The lowest BCUT2D eigenvalue weighted by atomic mass is 10.0. The van der Waals surface area contributed by atoms with E-state index in [1.807, 2.05) is 24.3 Å². The second-order valence-electron chi connectivity index (χ2n) is 7.04. The number of hydrogen-bond donors (Lipinski definition) is 4. The first-order valence-electron chi connectivity index (χ1n) is 9.89. The van der Waals surface area contributed by atoms with Crippen LogP contribution in [0.4, 0.5) is 5.69 Å². The normalized spacial score (nSPS) is 15.1. The van der Waals surface area contributed by atoms with Gasteiger partial charge in [0.25, 0.3) is 5.91 Å². The van der Waals surface area contributed by atoms with Gasteiger partial charge in [-0.05, 0) is 54.8 Å². The number of anilines is 1. The zero-order valence-corrected chi connectivity index (χ0v) is 16.0. The summed E-state index contributed by atoms with van der Waals surface area (Å²) in [7, 11) is 0. The van der Waals surface area contributed by atoms with Gasteiger partial charge in [0.1, 0.15) is 6.04 Å². The van der Waals surface area contributed by atoms with Crippen molar-refractivity contribution < 1.29 is 9.59 Å². The highest BCUT2D eigenvalue weighted by Crippen LogP contribution is 2.26. The molecule has 28 heavy (non-hydrogen) atoms. The van der Waals surface area contributed by atoms with Gasteiger partial charge in [0.05, 0.1) is 0 Å². The quantitative estimate of drug-likeness (QED) is 0.503. The highest BCUT2D eigenvalue weighted by Gasteiger charge is 2.27. The fourth-order valence-corrected chi connectivity index (χ4v) is 3.38. The van der Waals surface area contributed by atoms with Gasteiger partial charge < -0.3 is 16.4 Å². The SMILES string of the molecule is NCCCCCCNC(=O)c1ccc(NC(=O)C2NCc3ccccc32)cc1. The van der Waals surface area contributed by atoms with E-state index >= 15 is 0 Å². The van der Waals surface area contributed by atoms with Crippen LogP contribution in [0.1, 0.15) is 53.2 Å². The molecule has 0 fully saturated rings. The first-order valence-corrected chi connectivity index (χ1v) is 9.89. The molecule has 1 heterocycles. The Balaban J connectivity index is 1.48. The van der Waals surface area contributed by atoms with Gasteiger partial charge in [0.2, 0.25) is 5.91 Å². The number of carbonyl (C=O) groups is 2. The average Bonchev–Trinajstić information content (AvgIpc) is 3.15. The van der Waals surface area contributed by atoms with Gasteiger partial charge in [-0.1, -0.05) is 37.1 Å². The number of rotatable bonds is 9. The summed E-state index contributed by atoms with van der Waals surface area (Å²) in [6.45, 7) is 2.08. The van der Waals surface area contributed by atoms with Crippen molar-refractivity contribution in [3.8, 4) is 0 Å². The molecule has 148 valence electrons. The molecule has 1 atom stereocenters. The van der Waals surface area contributed by atoms with E-state index in [2.05, 4.69) is 16.0 Å². The summed E-state index contributed by atoms with van der Waals surface area (Å²) in [6, 6.07) is 14.6. The number of nitrogens with two attached hydrogens (primary N) is 1. The van der Waals surface area contributed by atoms with Crippen molar-refractivity contribution in [3.63, 3.8) is 0 Å². The Morgan fingerprint density at radius 3 is 2.54 bits per heavy atom. The smallest absolute Gasteiger partial charge is 0.251 e. The highest BCUT2D eigenvalue weighted by molar-refractivity contribution is 5.98. The van der Waals surface area contributed by atoms with Gasteiger partial charge in [0, 0.05) is 24.3 Å². The van der Waals surface area contributed by atoms with Gasteiger partial charge in [-0.15, -0.1) is 0 Å². The third kappa shape index (κ3) is 5.18. The number of carbonyl (C=O) groups excluding carboxylic acids is 2. The molecule has 0 spiro atoms. The van der Waals surface area contributed by atoms with Crippen molar-refractivity contribution in [1.29, 1.82) is 0 Å². The Kier molecular flexibility index (Phi) is 7.17. The zero-order chi connectivity index (χ0) is 19.8. The predicted molar refractivity (Wildman–Crippen MR) is 111 cm³/mol. The number of nitrogens with one attached hydrogen (secondary N) is 3. The van der Waals surface area contributed by atoms with Crippen LogP contribution in [-0.2, 0) is 11.3 Å². The van der Waals surface area contributed by atoms with E-state index in [1.165, 1.54) is 0 Å². The minimum Gasteiger partial charge on any atom is -0.352 e. The van der Waals surface area contributed by atoms with Gasteiger partial charge in [-0.3, -0.25) is 14.9 Å². The Labute approximate surface area is 165 Å². The molecule has 0 saturated heterocycles. The molecule has 5 N–H and O–H groups in total. The van der Waals surface area contributed by atoms with Crippen molar-refractivity contribution in [1.82, 2.24) is 10.6 Å². The molecule has 0 bridgehead atoms. The predicted octanol–water partition coefficient (Wildman–Crippen LogP) is 2.72. The van der Waals surface area contributed by atoms with E-state index in [9.17, 15) is 9.59 Å². The summed E-state index contributed by atoms with van der Waals surface area (Å²) in [4.78, 5) is 24.8. The molecule has 1 unspecified atom stereocenters. The molecule has 6 nitrogen and oxygen atoms in total. The van der Waals surface area contributed by atoms with E-state index in [1.54, 1.807) is 24.3 Å². The fraction of sp³-hybridized carbons (Fsp3) is 0.364. The van der Waals surface area contributed by atoms with Crippen LogP contribution in [0.15, 0.2) is 48.5 Å². The molecule has 1 aliphatic rings. The van der Waals surface area contributed by atoms with Crippen LogP contribution in [0.2, 0.25) is 0 Å². The molecule has 2 aromatic rings. The monoisotopic (exact) mass is 380 g/mol. The Morgan fingerprint density at radius 1 is 1.00 bits per heavy atom. The topological polar surface area (TPSA) is 96.2 Å². The van der Waals surface area contributed by atoms with Crippen molar-refractivity contribution in [3.05, 3.63) is 65.2 Å². The summed E-state index contributed by atoms with van der Waals surface area (Å²) in [5.74, 6) is -0.192. The van der Waals surface area contributed by atoms with Gasteiger partial charge in [-0.2, -0.15) is 0 Å². The third-order valence-electron chi connectivity index (χ3n) is 4.96. The highest BCUT2D eigenvalue weighted by atomic mass is 16.2. The molecule has 6 heteroatoms. The lowest BCUT2D eigenvalue weighted by Gasteiger charge is -2.13. The van der Waals surface area contributed by atoms with Gasteiger partial charge in [-0.25, -0.2) is 0 Å². The first kappa shape index (κ1) is 20.0. The maximum atomic E-state index is 12.6. The molecule has 0 saturated carbocycles. The third-order valence-corrected chi connectivity index (χ3v) is 4.96. The van der Waals surface area contributed by atoms with E-state index in [-0.39, 0.29) is 17.9 Å². The number of fused-ring (bicyclic) bond motifs is 1. The van der Waals surface area contributed by atoms with Crippen LogP contribution in [-0.4, -0.2) is 24.9 Å². The largest absolute Gasteiger partial charge is 0.352 e. The summed E-state index contributed by atoms with van der Waals surface area (Å²) in [5.41, 5.74) is 8.90. The number of unbranched alkanes of at least 4 members (excludes halogenated alkanes) is 3. The summed E-state index contributed by atoms with van der Waals surface area (Å²) < 4.78 is 0. The second-order valence-corrected chi connectivity index (χ2v) is 7.04. The van der Waals surface area contributed by atoms with Gasteiger partial charge >= 0.3 is 0 Å². The maximum Gasteiger partial charge on any atom is 0.251 e. The average molecular weight is 380 g/mol. The number of benzene rings is 2. The molecule has 3 rings (SSSR count). The Morgan fingerprint density at radius 2 is 1.75 bits per heavy atom. The van der Waals surface area contributed by atoms with E-state index < -0.39 is 0 Å². The minimum atomic E-state index is -0.349. The zero-order valence-electron chi connectivity index (χ0n) is 16.0. The van der Waals surface area contributed by atoms with Crippen LogP contribution in [0.3, 0.4) is 0 Å². The molecule has 1 aliphatic heterocycles. The molecule has 0 aromatic heterocycles. The summed E-state index contributed by atoms with van der Waals surface area (Å²) in [6.07, 6.45) is 4.15. The van der Waals surface area contributed by atoms with Crippen molar-refractivity contribution in [2.24, 2.45) is 5.73 Å². The van der Waals surface area contributed by atoms with E-state index in [0.717, 1.165) is 43.4 Å². The number of hydrogen-bond acceptors (Lipinski definition) is 4. The van der Waals surface area contributed by atoms with Gasteiger partial charge in [0.15, 0.2) is 0 Å². The Hall–Kier alpha value is -2.70. The fourth-order valence-electron chi connectivity index (χ4n) is 3.38. The first-order chi connectivity index (χ1) is 13.7. The number of amides is 2. The lowest BCUT2D eigenvalue weighted by molar-refractivity contribution is -0.118. The van der Waals surface area contributed by atoms with Crippen molar-refractivity contribution in [2.75, 3.05) is 18.4 Å². The maximum absolute atomic E-state index is 12.6. The molecule has 2 aromatic carbocycles. The van der Waals surface area contributed by atoms with Crippen LogP contribution in [0, 0.1) is 0 Å². The molecular formula is C22H28N4O2. The van der Waals surface area contributed by atoms with Crippen LogP contribution in [0.25, 0.3) is 0 Å². The van der Waals surface area contributed by atoms with Crippen LogP contribution in [0.5, 0.6) is 0 Å².